The van der Waals surface area contributed by atoms with Crippen LogP contribution in [0.15, 0.2) is 60.4 Å². The van der Waals surface area contributed by atoms with Crippen molar-refractivity contribution in [3.63, 3.8) is 0 Å². The molecule has 1 heterocycles. The first-order valence-corrected chi connectivity index (χ1v) is 14.3. The molecule has 213 valence electrons. The Kier molecular flexibility index (Phi) is 10.4. The van der Waals surface area contributed by atoms with Gasteiger partial charge in [-0.15, -0.1) is 29.1 Å². The van der Waals surface area contributed by atoms with E-state index in [-0.39, 0.29) is 48.9 Å². The topological polar surface area (TPSA) is 63.1 Å². The summed E-state index contributed by atoms with van der Waals surface area (Å²) in [6, 6.07) is 20.3. The predicted molar refractivity (Wildman–Crippen MR) is 162 cm³/mol. The van der Waals surface area contributed by atoms with Gasteiger partial charge in [-0.25, -0.2) is 0 Å². The molecule has 5 heteroatoms. The van der Waals surface area contributed by atoms with Crippen molar-refractivity contribution in [2.24, 2.45) is 11.8 Å². The Morgan fingerprint density at radius 1 is 0.950 bits per heavy atom. The predicted octanol–water partition coefficient (Wildman–Crippen LogP) is 9.07. The fourth-order valence-corrected chi connectivity index (χ4v) is 5.66. The van der Waals surface area contributed by atoms with Gasteiger partial charge in [0, 0.05) is 54.8 Å². The number of aliphatic hydroxyl groups is 1. The molecule has 0 amide bonds. The van der Waals surface area contributed by atoms with E-state index in [9.17, 15) is 9.90 Å². The number of nitrogens with zero attached hydrogens (tertiary/aromatic N) is 2. The van der Waals surface area contributed by atoms with Gasteiger partial charge in [-0.05, 0) is 50.3 Å². The Balaban J connectivity index is 0.000000243. The molecular weight excluding hydrogens is 673 g/mol. The van der Waals surface area contributed by atoms with Crippen molar-refractivity contribution in [3.8, 4) is 11.3 Å². The number of hydrogen-bond donors (Lipinski definition) is 1. The molecule has 40 heavy (non-hydrogen) atoms. The second-order valence-corrected chi connectivity index (χ2v) is 11.2. The van der Waals surface area contributed by atoms with Crippen molar-refractivity contribution in [1.29, 1.82) is 0 Å². The van der Waals surface area contributed by atoms with E-state index in [1.165, 1.54) is 28.0 Å². The molecule has 1 aliphatic rings. The SMILES string of the molecule is CCC(CC)C(=O)/C=C(\O)C(CC)CC.Cc1ccc2nc3c(nc2c1)-c1[c-]ccc2cccc(c12)C3(C)C.[Ir]. The largest absolute Gasteiger partial charge is 0.512 e. The summed E-state index contributed by atoms with van der Waals surface area (Å²) in [5, 5.41) is 12.3. The van der Waals surface area contributed by atoms with E-state index in [0.29, 0.717) is 0 Å². The number of hydrogen-bond acceptors (Lipinski definition) is 4. The zero-order chi connectivity index (χ0) is 28.3. The van der Waals surface area contributed by atoms with Gasteiger partial charge in [-0.1, -0.05) is 76.8 Å². The Morgan fingerprint density at radius 2 is 1.62 bits per heavy atom. The third-order valence-corrected chi connectivity index (χ3v) is 8.24. The monoisotopic (exact) mass is 714 g/mol. The van der Waals surface area contributed by atoms with Crippen LogP contribution >= 0.6 is 0 Å². The van der Waals surface area contributed by atoms with Gasteiger partial charge >= 0.3 is 0 Å². The Morgan fingerprint density at radius 3 is 2.27 bits per heavy atom. The molecule has 4 nitrogen and oxygen atoms in total. The number of fused-ring (bicyclic) bond motifs is 3. The number of carbonyl (C=O) groups is 1. The Labute approximate surface area is 252 Å². The molecule has 0 unspecified atom stereocenters. The zero-order valence-electron chi connectivity index (χ0n) is 24.8. The Hall–Kier alpha value is -2.88. The number of rotatable bonds is 7. The Bertz CT molecular complexity index is 1530. The van der Waals surface area contributed by atoms with Crippen molar-refractivity contribution in [3.05, 3.63) is 83.3 Å². The van der Waals surface area contributed by atoms with Crippen molar-refractivity contribution < 1.29 is 30.0 Å². The third kappa shape index (κ3) is 6.06. The third-order valence-electron chi connectivity index (χ3n) is 8.24. The molecule has 0 bridgehead atoms. The average molecular weight is 714 g/mol. The molecule has 0 saturated carbocycles. The first kappa shape index (κ1) is 31.6. The van der Waals surface area contributed by atoms with Gasteiger partial charge in [-0.3, -0.25) is 14.8 Å². The summed E-state index contributed by atoms with van der Waals surface area (Å²) in [4.78, 5) is 21.7. The van der Waals surface area contributed by atoms with Crippen LogP contribution in [-0.2, 0) is 30.3 Å². The molecule has 3 aromatic carbocycles. The quantitative estimate of drug-likeness (QED) is 0.118. The summed E-state index contributed by atoms with van der Waals surface area (Å²) >= 11 is 0. The maximum absolute atomic E-state index is 11.7. The van der Waals surface area contributed by atoms with Crippen molar-refractivity contribution in [2.75, 3.05) is 0 Å². The second kappa shape index (κ2) is 13.2. The second-order valence-electron chi connectivity index (χ2n) is 11.2. The van der Waals surface area contributed by atoms with E-state index in [2.05, 4.69) is 69.3 Å². The molecule has 0 fully saturated rings. The summed E-state index contributed by atoms with van der Waals surface area (Å²) in [5.74, 6) is 0.547. The first-order chi connectivity index (χ1) is 18.7. The van der Waals surface area contributed by atoms with Crippen LogP contribution in [0.25, 0.3) is 33.1 Å². The van der Waals surface area contributed by atoms with Gasteiger partial charge in [0.15, 0.2) is 5.78 Å². The number of aromatic nitrogens is 2. The first-order valence-electron chi connectivity index (χ1n) is 14.3. The standard InChI is InChI=1S/C22H17N2.C13H24O2.Ir/c1-13-10-11-17-18(12-13)23-20-15-8-4-6-14-7-5-9-16(19(14)15)22(2,3)21(20)24-17;1-5-10(6-2)12(14)9-13(15)11(7-3)8-4;/h4-7,9-12H,1-3H3;9-11,14H,5-8H2,1-4H3;/q-1;;/b;12-9-;. The van der Waals surface area contributed by atoms with Crippen LogP contribution in [0.1, 0.15) is 84.0 Å². The van der Waals surface area contributed by atoms with Crippen LogP contribution in [0.3, 0.4) is 0 Å². The van der Waals surface area contributed by atoms with Crippen LogP contribution in [0.5, 0.6) is 0 Å². The minimum Gasteiger partial charge on any atom is -0.512 e. The van der Waals surface area contributed by atoms with E-state index in [1.807, 2.05) is 33.8 Å². The van der Waals surface area contributed by atoms with Crippen LogP contribution in [0, 0.1) is 24.8 Å². The molecule has 0 aliphatic heterocycles. The van der Waals surface area contributed by atoms with E-state index in [4.69, 9.17) is 9.97 Å². The number of allylic oxidation sites excluding steroid dienone is 2. The average Bonchev–Trinajstić information content (AvgIpc) is 2.92. The fourth-order valence-electron chi connectivity index (χ4n) is 5.66. The number of benzene rings is 3. The minimum atomic E-state index is -0.177. The number of carbonyl (C=O) groups excluding carboxylic acids is 1. The van der Waals surface area contributed by atoms with Crippen LogP contribution in [-0.4, -0.2) is 20.9 Å². The van der Waals surface area contributed by atoms with Crippen LogP contribution in [0.4, 0.5) is 0 Å². The van der Waals surface area contributed by atoms with Gasteiger partial charge in [0.05, 0.1) is 16.8 Å². The van der Waals surface area contributed by atoms with Gasteiger partial charge in [0.2, 0.25) is 0 Å². The number of ketones is 1. The van der Waals surface area contributed by atoms with Gasteiger partial charge < -0.3 is 5.11 Å². The molecule has 0 spiro atoms. The number of aryl methyl sites for hydroxylation is 1. The maximum Gasteiger partial charge on any atom is 0.162 e. The van der Waals surface area contributed by atoms with E-state index in [0.717, 1.165) is 53.7 Å². The fraction of sp³-hybridized carbons (Fsp3) is 0.400. The normalized spacial score (nSPS) is 13.6. The molecular formula is C35H41IrN2O2-. The van der Waals surface area contributed by atoms with Crippen molar-refractivity contribution >= 4 is 27.6 Å². The maximum atomic E-state index is 11.7. The zero-order valence-corrected chi connectivity index (χ0v) is 27.2. The van der Waals surface area contributed by atoms with E-state index < -0.39 is 0 Å². The van der Waals surface area contributed by atoms with Gasteiger partial charge in [0.25, 0.3) is 0 Å². The summed E-state index contributed by atoms with van der Waals surface area (Å²) in [7, 11) is 0. The summed E-state index contributed by atoms with van der Waals surface area (Å²) in [6.45, 7) is 14.6. The van der Waals surface area contributed by atoms with Crippen molar-refractivity contribution in [2.45, 2.75) is 79.6 Å². The summed E-state index contributed by atoms with van der Waals surface area (Å²) in [6.07, 6.45) is 4.91. The molecule has 0 saturated heterocycles. The number of aliphatic hydroxyl groups excluding tert-OH is 1. The minimum absolute atomic E-state index is 0. The molecule has 4 aromatic rings. The summed E-state index contributed by atoms with van der Waals surface area (Å²) < 4.78 is 0. The molecule has 1 aromatic heterocycles. The van der Waals surface area contributed by atoms with Gasteiger partial charge in [-0.2, -0.15) is 0 Å². The summed E-state index contributed by atoms with van der Waals surface area (Å²) in [5.41, 5.74) is 7.34. The molecule has 1 aliphatic carbocycles. The van der Waals surface area contributed by atoms with E-state index >= 15 is 0 Å². The van der Waals surface area contributed by atoms with Crippen molar-refractivity contribution in [1.82, 2.24) is 9.97 Å². The molecule has 0 atom stereocenters. The van der Waals surface area contributed by atoms with E-state index in [1.54, 1.807) is 0 Å². The van der Waals surface area contributed by atoms with Gasteiger partial charge in [0.1, 0.15) is 0 Å². The molecule has 1 radical (unpaired) electrons. The van der Waals surface area contributed by atoms with Crippen LogP contribution in [0.2, 0.25) is 0 Å². The molecule has 1 N–H and O–H groups in total. The van der Waals surface area contributed by atoms with Crippen LogP contribution < -0.4 is 0 Å². The smallest absolute Gasteiger partial charge is 0.162 e. The molecule has 5 rings (SSSR count).